The lowest BCUT2D eigenvalue weighted by Gasteiger charge is -2.37. The lowest BCUT2D eigenvalue weighted by molar-refractivity contribution is -0.168. The molecule has 1 aliphatic heterocycles. The van der Waals surface area contributed by atoms with Gasteiger partial charge in [-0.2, -0.15) is 40.2 Å². The Labute approximate surface area is 238 Å². The second-order valence-corrected chi connectivity index (χ2v) is 11.5. The van der Waals surface area contributed by atoms with Crippen molar-refractivity contribution >= 4 is 67.1 Å². The number of carbonyl (C=O) groups is 2. The van der Waals surface area contributed by atoms with Crippen molar-refractivity contribution in [1.29, 1.82) is 0 Å². The minimum atomic E-state index is -4.57. The van der Waals surface area contributed by atoms with Crippen molar-refractivity contribution in [1.82, 2.24) is 10.3 Å². The first-order valence-corrected chi connectivity index (χ1v) is 12.6. The fraction of sp³-hybridized carbons (Fsp3) is 0.577. The molecule has 1 aromatic carbocycles. The van der Waals surface area contributed by atoms with Gasteiger partial charge in [0.15, 0.2) is 5.60 Å². The molecule has 1 saturated heterocycles. The summed E-state index contributed by atoms with van der Waals surface area (Å²) in [6.45, 7) is 5.71. The first-order chi connectivity index (χ1) is 16.8. The highest BCUT2D eigenvalue weighted by Crippen LogP contribution is 2.65. The fourth-order valence-corrected chi connectivity index (χ4v) is 6.29. The van der Waals surface area contributed by atoms with Gasteiger partial charge >= 0.3 is 12.1 Å². The Kier molecular flexibility index (Phi) is 8.30. The van der Waals surface area contributed by atoms with E-state index in [1.54, 1.807) is 6.07 Å². The largest absolute Gasteiger partial charge is 0.448 e. The number of carbonyl (C=O) groups excluding carboxylic acids is 2. The van der Waals surface area contributed by atoms with Crippen LogP contribution in [0.3, 0.4) is 0 Å². The topological polar surface area (TPSA) is 80.3 Å². The summed E-state index contributed by atoms with van der Waals surface area (Å²) in [4.78, 5) is 29.6. The third kappa shape index (κ3) is 4.72. The second kappa shape index (κ2) is 10.3. The number of halogens is 4. The Balaban J connectivity index is 0.00000200. The Morgan fingerprint density at radius 2 is 1.68 bits per heavy atom. The average molecular weight is 592 g/mol. The van der Waals surface area contributed by atoms with E-state index in [-0.39, 0.29) is 56.5 Å². The van der Waals surface area contributed by atoms with Crippen molar-refractivity contribution in [3.63, 3.8) is 0 Å². The number of hydrogen-bond donors (Lipinski definition) is 2. The fourth-order valence-electron chi connectivity index (χ4n) is 6.11. The summed E-state index contributed by atoms with van der Waals surface area (Å²) >= 11 is 6.10. The maximum atomic E-state index is 13.4. The number of esters is 1. The summed E-state index contributed by atoms with van der Waals surface area (Å²) in [5, 5.41) is 7.30. The van der Waals surface area contributed by atoms with E-state index in [2.05, 4.69) is 15.6 Å². The molecule has 6 nitrogen and oxygen atoms in total. The molecule has 2 saturated carbocycles. The minimum absolute atomic E-state index is 0. The molecule has 38 heavy (non-hydrogen) atoms. The van der Waals surface area contributed by atoms with Gasteiger partial charge in [0, 0.05) is 33.6 Å². The number of pyridine rings is 1. The molecule has 3 fully saturated rings. The molecule has 1 aromatic heterocycles. The van der Waals surface area contributed by atoms with Crippen LogP contribution in [0.2, 0.25) is 5.02 Å². The van der Waals surface area contributed by atoms with E-state index in [4.69, 9.17) is 16.3 Å². The van der Waals surface area contributed by atoms with Crippen LogP contribution in [0, 0.1) is 10.8 Å². The number of rotatable bonds is 4. The van der Waals surface area contributed by atoms with Gasteiger partial charge in [-0.05, 0) is 69.7 Å². The zero-order chi connectivity index (χ0) is 26.1. The van der Waals surface area contributed by atoms with Crippen LogP contribution in [0.5, 0.6) is 0 Å². The van der Waals surface area contributed by atoms with Crippen molar-refractivity contribution in [2.24, 2.45) is 10.8 Å². The molecule has 2 heterocycles. The summed E-state index contributed by atoms with van der Waals surface area (Å²) in [5.74, 6) is -0.562. The minimum Gasteiger partial charge on any atom is -0.448 e. The smallest absolute Gasteiger partial charge is 0.433 e. The SMILES string of the molecule is CC1(C)[C@]2(C)CC[C@]1(C(=O)NC1CCC(Nc3cc(C(F)(F)F)nc4ccc(Cl)cc34)CC1)OC2=O.S.S. The van der Waals surface area contributed by atoms with Crippen molar-refractivity contribution in [2.45, 2.75) is 83.2 Å². The predicted molar refractivity (Wildman–Crippen MR) is 150 cm³/mol. The zero-order valence-corrected chi connectivity index (χ0v) is 24.1. The highest BCUT2D eigenvalue weighted by atomic mass is 35.5. The normalized spacial score (nSPS) is 29.7. The highest BCUT2D eigenvalue weighted by molar-refractivity contribution is 7.59. The van der Waals surface area contributed by atoms with Crippen LogP contribution in [-0.2, 0) is 20.5 Å². The van der Waals surface area contributed by atoms with E-state index in [0.717, 1.165) is 6.07 Å². The molecule has 3 aliphatic rings. The van der Waals surface area contributed by atoms with Crippen LogP contribution in [0.1, 0.15) is 65.0 Å². The molecule has 0 spiro atoms. The Bertz CT molecular complexity index is 1250. The van der Waals surface area contributed by atoms with Gasteiger partial charge in [0.05, 0.1) is 10.9 Å². The van der Waals surface area contributed by atoms with Gasteiger partial charge < -0.3 is 15.4 Å². The molecular formula is C26H33ClF3N3O3S2. The standard InChI is InChI=1S/C26H29ClF3N3O3.2H2S/c1-23(2)24(3)10-11-25(23,36-22(24)35)21(34)32-16-7-5-15(6-8-16)31-19-13-20(26(28,29)30)33-18-9-4-14(27)12-17(18)19;;/h4,9,12-13,15-16H,5-8,10-11H2,1-3H3,(H,31,33)(H,32,34);2*1H2/t15?,16?,24-,25-;;/m1../s1. The molecular weight excluding hydrogens is 559 g/mol. The van der Waals surface area contributed by atoms with Crippen molar-refractivity contribution in [3.8, 4) is 0 Å². The lowest BCUT2D eigenvalue weighted by Crippen LogP contribution is -2.56. The summed E-state index contributed by atoms with van der Waals surface area (Å²) < 4.78 is 46.0. The molecule has 2 N–H and O–H groups in total. The van der Waals surface area contributed by atoms with Gasteiger partial charge in [-0.1, -0.05) is 25.4 Å². The molecule has 1 amide bonds. The Hall–Kier alpha value is -1.85. The van der Waals surface area contributed by atoms with Gasteiger partial charge in [0.1, 0.15) is 5.69 Å². The van der Waals surface area contributed by atoms with Crippen LogP contribution in [0.15, 0.2) is 24.3 Å². The van der Waals surface area contributed by atoms with Crippen molar-refractivity contribution in [3.05, 3.63) is 35.0 Å². The predicted octanol–water partition coefficient (Wildman–Crippen LogP) is 6.09. The van der Waals surface area contributed by atoms with Crippen LogP contribution in [0.25, 0.3) is 10.9 Å². The summed E-state index contributed by atoms with van der Waals surface area (Å²) in [5.41, 5.74) is -2.84. The monoisotopic (exact) mass is 591 g/mol. The first kappa shape index (κ1) is 30.7. The van der Waals surface area contributed by atoms with Crippen LogP contribution < -0.4 is 10.6 Å². The van der Waals surface area contributed by atoms with Gasteiger partial charge in [-0.15, -0.1) is 0 Å². The van der Waals surface area contributed by atoms with E-state index in [9.17, 15) is 22.8 Å². The van der Waals surface area contributed by atoms with Crippen LogP contribution >= 0.6 is 38.6 Å². The Morgan fingerprint density at radius 3 is 2.24 bits per heavy atom. The van der Waals surface area contributed by atoms with Gasteiger partial charge in [0.25, 0.3) is 5.91 Å². The van der Waals surface area contributed by atoms with Crippen LogP contribution in [-0.4, -0.2) is 34.5 Å². The number of aromatic nitrogens is 1. The molecule has 2 aromatic rings. The first-order valence-electron chi connectivity index (χ1n) is 12.3. The zero-order valence-electron chi connectivity index (χ0n) is 21.4. The third-order valence-corrected chi connectivity index (χ3v) is 9.17. The van der Waals surface area contributed by atoms with E-state index in [1.807, 2.05) is 20.8 Å². The number of alkyl halides is 3. The van der Waals surface area contributed by atoms with Crippen molar-refractivity contribution < 1.29 is 27.5 Å². The number of benzene rings is 1. The quantitative estimate of drug-likeness (QED) is 0.420. The highest BCUT2D eigenvalue weighted by Gasteiger charge is 2.75. The van der Waals surface area contributed by atoms with Gasteiger partial charge in [-0.25, -0.2) is 4.98 Å². The van der Waals surface area contributed by atoms with E-state index < -0.39 is 28.3 Å². The number of hydrogen-bond acceptors (Lipinski definition) is 5. The summed E-state index contributed by atoms with van der Waals surface area (Å²) in [6, 6.07) is 5.47. The van der Waals surface area contributed by atoms with Crippen molar-refractivity contribution in [2.75, 3.05) is 5.32 Å². The molecule has 2 bridgehead atoms. The Morgan fingerprint density at radius 1 is 1.05 bits per heavy atom. The van der Waals surface area contributed by atoms with Gasteiger partial charge in [-0.3, -0.25) is 9.59 Å². The number of nitrogens with one attached hydrogen (secondary N) is 2. The van der Waals surface area contributed by atoms with E-state index in [0.29, 0.717) is 54.6 Å². The summed E-state index contributed by atoms with van der Waals surface area (Å²) in [6.07, 6.45) is -0.826. The number of nitrogens with zero attached hydrogens (tertiary/aromatic N) is 1. The second-order valence-electron chi connectivity index (χ2n) is 11.1. The molecule has 210 valence electrons. The van der Waals surface area contributed by atoms with Gasteiger partial charge in [0.2, 0.25) is 0 Å². The number of amides is 1. The maximum Gasteiger partial charge on any atom is 0.433 e. The maximum absolute atomic E-state index is 13.4. The number of anilines is 1. The van der Waals surface area contributed by atoms with E-state index in [1.165, 1.54) is 12.1 Å². The number of ether oxygens (including phenoxy) is 1. The molecule has 5 rings (SSSR count). The number of fused-ring (bicyclic) bond motifs is 3. The lowest BCUT2D eigenvalue weighted by atomic mass is 9.66. The van der Waals surface area contributed by atoms with Crippen LogP contribution in [0.4, 0.5) is 18.9 Å². The molecule has 12 heteroatoms. The third-order valence-electron chi connectivity index (χ3n) is 8.93. The molecule has 2 atom stereocenters. The molecule has 0 radical (unpaired) electrons. The molecule has 0 unspecified atom stereocenters. The molecule has 2 aliphatic carbocycles. The van der Waals surface area contributed by atoms with E-state index >= 15 is 0 Å². The summed E-state index contributed by atoms with van der Waals surface area (Å²) in [7, 11) is 0. The average Bonchev–Trinajstić information content (AvgIpc) is 3.10.